The summed E-state index contributed by atoms with van der Waals surface area (Å²) in [4.78, 5) is 8.71. The topological polar surface area (TPSA) is 115 Å². The van der Waals surface area contributed by atoms with Gasteiger partial charge in [-0.3, -0.25) is 9.55 Å². The first-order chi connectivity index (χ1) is 19.3. The van der Waals surface area contributed by atoms with Gasteiger partial charge in [-0.25, -0.2) is 13.1 Å². The molecule has 2 aromatic carbocycles. The van der Waals surface area contributed by atoms with Crippen molar-refractivity contribution in [1.29, 1.82) is 0 Å². The average molecular weight is 564 g/mol. The van der Waals surface area contributed by atoms with E-state index < -0.39 is 16.1 Å². The molecule has 210 valence electrons. The van der Waals surface area contributed by atoms with Gasteiger partial charge in [0, 0.05) is 56.9 Å². The van der Waals surface area contributed by atoms with Gasteiger partial charge < -0.3 is 19.3 Å². The lowest BCUT2D eigenvalue weighted by atomic mass is 10.2. The maximum Gasteiger partial charge on any atom is 0.322 e. The molecule has 0 bridgehead atoms. The minimum Gasteiger partial charge on any atom is -0.457 e. The van der Waals surface area contributed by atoms with Crippen LogP contribution in [0, 0.1) is 0 Å². The minimum atomic E-state index is -3.84. The van der Waals surface area contributed by atoms with Crippen LogP contribution in [0.2, 0.25) is 0 Å². The lowest BCUT2D eigenvalue weighted by Gasteiger charge is -2.34. The number of sulfonamides is 1. The number of anilines is 1. The second kappa shape index (κ2) is 12.0. The van der Waals surface area contributed by atoms with Gasteiger partial charge in [0.2, 0.25) is 10.0 Å². The van der Waals surface area contributed by atoms with Crippen molar-refractivity contribution in [3.05, 3.63) is 78.9 Å². The van der Waals surface area contributed by atoms with E-state index in [-0.39, 0.29) is 4.90 Å². The number of ether oxygens (including phenoxy) is 2. The molecule has 0 radical (unpaired) electrons. The van der Waals surface area contributed by atoms with E-state index in [2.05, 4.69) is 42.8 Å². The van der Waals surface area contributed by atoms with Gasteiger partial charge in [-0.15, -0.1) is 5.10 Å². The van der Waals surface area contributed by atoms with E-state index in [1.807, 2.05) is 25.1 Å². The highest BCUT2D eigenvalue weighted by atomic mass is 32.2. The number of piperazine rings is 1. The third-order valence-electron chi connectivity index (χ3n) is 6.70. The molecular formula is C28H33N7O4S. The fourth-order valence-corrected chi connectivity index (χ4v) is 5.69. The fourth-order valence-electron chi connectivity index (χ4n) is 4.49. The Bertz CT molecular complexity index is 1520. The van der Waals surface area contributed by atoms with Crippen LogP contribution in [-0.4, -0.2) is 66.3 Å². The Balaban J connectivity index is 1.27. The summed E-state index contributed by atoms with van der Waals surface area (Å²) >= 11 is 0. The molecule has 2 aromatic heterocycles. The monoisotopic (exact) mass is 563 g/mol. The van der Waals surface area contributed by atoms with Crippen LogP contribution in [0.1, 0.15) is 25.7 Å². The average Bonchev–Trinajstić information content (AvgIpc) is 3.37. The SMILES string of the molecule is CCn1c(Oc2cccc(N3CCN(C)CC3)c2)nnc1[C@@H](C)NS(=O)(=O)c1ccc(Oc2ccncc2)cc1. The van der Waals surface area contributed by atoms with Gasteiger partial charge in [-0.05, 0) is 69.4 Å². The highest BCUT2D eigenvalue weighted by Crippen LogP contribution is 2.28. The molecule has 3 heterocycles. The van der Waals surface area contributed by atoms with E-state index in [9.17, 15) is 8.42 Å². The van der Waals surface area contributed by atoms with E-state index in [1.165, 1.54) is 12.1 Å². The van der Waals surface area contributed by atoms with E-state index >= 15 is 0 Å². The van der Waals surface area contributed by atoms with E-state index in [4.69, 9.17) is 9.47 Å². The molecule has 0 amide bonds. The number of aromatic nitrogens is 4. The zero-order chi connectivity index (χ0) is 28.1. The van der Waals surface area contributed by atoms with E-state index in [0.29, 0.717) is 35.6 Å². The number of nitrogens with zero attached hydrogens (tertiary/aromatic N) is 6. The number of benzene rings is 2. The van der Waals surface area contributed by atoms with Crippen LogP contribution in [0.3, 0.4) is 0 Å². The molecule has 0 saturated carbocycles. The number of nitrogens with one attached hydrogen (secondary N) is 1. The van der Waals surface area contributed by atoms with Crippen LogP contribution in [0.5, 0.6) is 23.3 Å². The molecule has 11 nitrogen and oxygen atoms in total. The fraction of sp³-hybridized carbons (Fsp3) is 0.321. The number of likely N-dealkylation sites (N-methyl/N-ethyl adjacent to an activating group) is 1. The number of rotatable bonds is 10. The van der Waals surface area contributed by atoms with Crippen molar-refractivity contribution in [3.8, 4) is 23.3 Å². The summed E-state index contributed by atoms with van der Waals surface area (Å²) in [5, 5.41) is 8.49. The maximum absolute atomic E-state index is 13.1. The van der Waals surface area contributed by atoms with Crippen LogP contribution >= 0.6 is 0 Å². The standard InChI is InChI=1S/C28H33N7O4S/c1-4-35-27(30-31-28(35)39-25-7-5-6-22(20-25)34-18-16-33(3)17-19-34)21(2)32-40(36,37)26-10-8-23(9-11-26)38-24-12-14-29-15-13-24/h5-15,20-21,32H,4,16-19H2,1-3H3/t21-/m1/s1. The van der Waals surface area contributed by atoms with Crippen molar-refractivity contribution in [3.63, 3.8) is 0 Å². The summed E-state index contributed by atoms with van der Waals surface area (Å²) in [6.45, 7) is 8.09. The van der Waals surface area contributed by atoms with Crippen molar-refractivity contribution in [1.82, 2.24) is 29.4 Å². The van der Waals surface area contributed by atoms with Crippen molar-refractivity contribution >= 4 is 15.7 Å². The molecular weight excluding hydrogens is 530 g/mol. The molecule has 1 aliphatic rings. The maximum atomic E-state index is 13.1. The van der Waals surface area contributed by atoms with Crippen LogP contribution in [0.4, 0.5) is 5.69 Å². The second-order valence-corrected chi connectivity index (χ2v) is 11.3. The van der Waals surface area contributed by atoms with E-state index in [0.717, 1.165) is 31.9 Å². The van der Waals surface area contributed by atoms with Crippen LogP contribution in [0.25, 0.3) is 0 Å². The van der Waals surface area contributed by atoms with Gasteiger partial charge in [0.25, 0.3) is 0 Å². The predicted molar refractivity (Wildman–Crippen MR) is 151 cm³/mol. The molecule has 1 atom stereocenters. The van der Waals surface area contributed by atoms with Crippen molar-refractivity contribution in [2.75, 3.05) is 38.1 Å². The van der Waals surface area contributed by atoms with Crippen LogP contribution in [0.15, 0.2) is 78.0 Å². The molecule has 0 spiro atoms. The highest BCUT2D eigenvalue weighted by Gasteiger charge is 2.24. The number of pyridine rings is 1. The van der Waals surface area contributed by atoms with Gasteiger partial charge in [0.05, 0.1) is 10.9 Å². The first-order valence-electron chi connectivity index (χ1n) is 13.2. The lowest BCUT2D eigenvalue weighted by molar-refractivity contribution is 0.312. The highest BCUT2D eigenvalue weighted by molar-refractivity contribution is 7.89. The molecule has 5 rings (SSSR count). The Morgan fingerprint density at radius 2 is 1.60 bits per heavy atom. The van der Waals surface area contributed by atoms with Crippen molar-refractivity contribution in [2.45, 2.75) is 31.3 Å². The first-order valence-corrected chi connectivity index (χ1v) is 14.7. The van der Waals surface area contributed by atoms with Crippen molar-refractivity contribution in [2.24, 2.45) is 0 Å². The predicted octanol–water partition coefficient (Wildman–Crippen LogP) is 4.07. The zero-order valence-electron chi connectivity index (χ0n) is 22.8. The molecule has 0 unspecified atom stereocenters. The van der Waals surface area contributed by atoms with Gasteiger partial charge in [-0.1, -0.05) is 11.2 Å². The van der Waals surface area contributed by atoms with Gasteiger partial charge in [-0.2, -0.15) is 0 Å². The molecule has 1 saturated heterocycles. The van der Waals surface area contributed by atoms with E-state index in [1.54, 1.807) is 48.1 Å². The van der Waals surface area contributed by atoms with Gasteiger partial charge in [0.15, 0.2) is 5.82 Å². The number of hydrogen-bond donors (Lipinski definition) is 1. The molecule has 4 aromatic rings. The smallest absolute Gasteiger partial charge is 0.322 e. The molecule has 0 aliphatic carbocycles. The molecule has 1 N–H and O–H groups in total. The van der Waals surface area contributed by atoms with Crippen LogP contribution < -0.4 is 19.1 Å². The van der Waals surface area contributed by atoms with Gasteiger partial charge in [0.1, 0.15) is 17.2 Å². The summed E-state index contributed by atoms with van der Waals surface area (Å²) in [6.07, 6.45) is 3.24. The lowest BCUT2D eigenvalue weighted by Crippen LogP contribution is -2.44. The Kier molecular flexibility index (Phi) is 8.29. The first kappa shape index (κ1) is 27.6. The Morgan fingerprint density at radius 1 is 0.900 bits per heavy atom. The molecule has 12 heteroatoms. The Morgan fingerprint density at radius 3 is 2.30 bits per heavy atom. The Labute approximate surface area is 234 Å². The third-order valence-corrected chi connectivity index (χ3v) is 8.25. The summed E-state index contributed by atoms with van der Waals surface area (Å²) in [5.74, 6) is 2.23. The van der Waals surface area contributed by atoms with Gasteiger partial charge >= 0.3 is 6.01 Å². The normalized spacial score (nSPS) is 15.1. The largest absolute Gasteiger partial charge is 0.457 e. The summed E-state index contributed by atoms with van der Waals surface area (Å²) in [5.41, 5.74) is 1.09. The Hall–Kier alpha value is -4.00. The van der Waals surface area contributed by atoms with Crippen LogP contribution in [-0.2, 0) is 16.6 Å². The summed E-state index contributed by atoms with van der Waals surface area (Å²) < 4.78 is 42.6. The second-order valence-electron chi connectivity index (χ2n) is 9.57. The minimum absolute atomic E-state index is 0.112. The van der Waals surface area contributed by atoms with Crippen molar-refractivity contribution < 1.29 is 17.9 Å². The summed E-state index contributed by atoms with van der Waals surface area (Å²) in [6, 6.07) is 17.2. The molecule has 1 aliphatic heterocycles. The molecule has 40 heavy (non-hydrogen) atoms. The third kappa shape index (κ3) is 6.41. The zero-order valence-corrected chi connectivity index (χ0v) is 23.6. The summed E-state index contributed by atoms with van der Waals surface area (Å²) in [7, 11) is -1.71. The quantitative estimate of drug-likeness (QED) is 0.305. The molecule has 1 fully saturated rings. The number of hydrogen-bond acceptors (Lipinski definition) is 9.